The van der Waals surface area contributed by atoms with Gasteiger partial charge in [0.05, 0.1) is 12.3 Å². The smallest absolute Gasteiger partial charge is 0.0521 e. The fourth-order valence-electron chi connectivity index (χ4n) is 1.16. The first-order valence-corrected chi connectivity index (χ1v) is 4.80. The van der Waals surface area contributed by atoms with E-state index < -0.39 is 0 Å². The van der Waals surface area contributed by atoms with Gasteiger partial charge in [-0.3, -0.25) is 4.68 Å². The van der Waals surface area contributed by atoms with Crippen molar-refractivity contribution in [3.8, 4) is 0 Å². The van der Waals surface area contributed by atoms with Crippen molar-refractivity contribution in [3.05, 3.63) is 18.0 Å². The summed E-state index contributed by atoms with van der Waals surface area (Å²) < 4.78 is 1.94. The number of hydrogen-bond donors (Lipinski definition) is 1. The van der Waals surface area contributed by atoms with Crippen LogP contribution in [0, 0.1) is 0 Å². The minimum atomic E-state index is -0.220. The highest BCUT2D eigenvalue weighted by atomic mass is 16.3. The molecule has 0 aliphatic rings. The second-order valence-electron chi connectivity index (χ2n) is 3.81. The highest BCUT2D eigenvalue weighted by Crippen LogP contribution is 2.08. The third kappa shape index (κ3) is 3.19. The quantitative estimate of drug-likeness (QED) is 0.770. The minimum Gasteiger partial charge on any atom is -0.393 e. The van der Waals surface area contributed by atoms with E-state index in [4.69, 9.17) is 5.11 Å². The Morgan fingerprint density at radius 2 is 2.15 bits per heavy atom. The van der Waals surface area contributed by atoms with Gasteiger partial charge in [0.15, 0.2) is 0 Å². The summed E-state index contributed by atoms with van der Waals surface area (Å²) in [6.07, 6.45) is 5.42. The van der Waals surface area contributed by atoms with Crippen LogP contribution in [0.2, 0.25) is 0 Å². The summed E-state index contributed by atoms with van der Waals surface area (Å²) in [5.41, 5.74) is 1.20. The second kappa shape index (κ2) is 4.42. The highest BCUT2D eigenvalue weighted by Gasteiger charge is 2.02. The average Bonchev–Trinajstić information content (AvgIpc) is 2.48. The van der Waals surface area contributed by atoms with Gasteiger partial charge in [0.1, 0.15) is 0 Å². The summed E-state index contributed by atoms with van der Waals surface area (Å²) in [6, 6.07) is 0.417. The summed E-state index contributed by atoms with van der Waals surface area (Å²) in [5, 5.41) is 13.3. The molecule has 0 saturated heterocycles. The zero-order chi connectivity index (χ0) is 9.84. The molecule has 0 aliphatic heterocycles. The molecule has 0 saturated carbocycles. The van der Waals surface area contributed by atoms with Crippen LogP contribution in [0.4, 0.5) is 0 Å². The molecule has 1 heterocycles. The van der Waals surface area contributed by atoms with Crippen LogP contribution < -0.4 is 0 Å². The Kier molecular flexibility index (Phi) is 3.48. The summed E-state index contributed by atoms with van der Waals surface area (Å²) >= 11 is 0. The van der Waals surface area contributed by atoms with Crippen LogP contribution >= 0.6 is 0 Å². The zero-order valence-corrected chi connectivity index (χ0v) is 8.57. The maximum atomic E-state index is 9.10. The molecule has 0 aliphatic carbocycles. The maximum absolute atomic E-state index is 9.10. The second-order valence-corrected chi connectivity index (χ2v) is 3.81. The topological polar surface area (TPSA) is 38.1 Å². The monoisotopic (exact) mass is 182 g/mol. The van der Waals surface area contributed by atoms with Gasteiger partial charge in [-0.25, -0.2) is 0 Å². The molecule has 13 heavy (non-hydrogen) atoms. The molecule has 1 aromatic rings. The molecule has 0 fully saturated rings. The molecule has 0 amide bonds. The van der Waals surface area contributed by atoms with Gasteiger partial charge in [-0.2, -0.15) is 5.10 Å². The Bertz CT molecular complexity index is 253. The van der Waals surface area contributed by atoms with E-state index in [-0.39, 0.29) is 6.10 Å². The molecule has 3 heteroatoms. The minimum absolute atomic E-state index is 0.220. The van der Waals surface area contributed by atoms with Crippen molar-refractivity contribution in [2.24, 2.45) is 0 Å². The SMILES string of the molecule is CC(O)CCc1cnn(C(C)C)c1. The Hall–Kier alpha value is -0.830. The summed E-state index contributed by atoms with van der Waals surface area (Å²) in [5.74, 6) is 0. The number of aliphatic hydroxyl groups is 1. The van der Waals surface area contributed by atoms with Crippen molar-refractivity contribution in [2.75, 3.05) is 0 Å². The highest BCUT2D eigenvalue weighted by molar-refractivity contribution is 5.04. The molecule has 3 nitrogen and oxygen atoms in total. The van der Waals surface area contributed by atoms with Gasteiger partial charge in [-0.1, -0.05) is 0 Å². The van der Waals surface area contributed by atoms with Crippen molar-refractivity contribution in [2.45, 2.75) is 45.8 Å². The lowest BCUT2D eigenvalue weighted by molar-refractivity contribution is 0.185. The van der Waals surface area contributed by atoms with E-state index in [1.165, 1.54) is 5.56 Å². The standard InChI is InChI=1S/C10H18N2O/c1-8(2)12-7-10(6-11-12)5-4-9(3)13/h6-9,13H,4-5H2,1-3H3. The number of aromatic nitrogens is 2. The molecule has 0 bridgehead atoms. The van der Waals surface area contributed by atoms with Crippen molar-refractivity contribution in [3.63, 3.8) is 0 Å². The predicted molar refractivity (Wildman–Crippen MR) is 52.6 cm³/mol. The molecule has 74 valence electrons. The molecule has 1 rings (SSSR count). The van der Waals surface area contributed by atoms with Crippen LogP contribution in [0.1, 0.15) is 38.8 Å². The van der Waals surface area contributed by atoms with Crippen molar-refractivity contribution < 1.29 is 5.11 Å². The van der Waals surface area contributed by atoms with E-state index in [0.717, 1.165) is 12.8 Å². The number of nitrogens with zero attached hydrogens (tertiary/aromatic N) is 2. The van der Waals surface area contributed by atoms with Gasteiger partial charge >= 0.3 is 0 Å². The first-order chi connectivity index (χ1) is 6.09. The van der Waals surface area contributed by atoms with Crippen molar-refractivity contribution in [1.29, 1.82) is 0 Å². The predicted octanol–water partition coefficient (Wildman–Crippen LogP) is 1.78. The molecule has 1 N–H and O–H groups in total. The molecular weight excluding hydrogens is 164 g/mol. The molecule has 0 spiro atoms. The number of rotatable bonds is 4. The van der Waals surface area contributed by atoms with Gasteiger partial charge in [0.2, 0.25) is 0 Å². The van der Waals surface area contributed by atoms with E-state index in [1.54, 1.807) is 0 Å². The third-order valence-corrected chi connectivity index (χ3v) is 2.03. The number of hydrogen-bond acceptors (Lipinski definition) is 2. The van der Waals surface area contributed by atoms with E-state index >= 15 is 0 Å². The molecular formula is C10H18N2O. The van der Waals surface area contributed by atoms with Crippen LogP contribution in [0.3, 0.4) is 0 Å². The van der Waals surface area contributed by atoms with Crippen LogP contribution in [0.15, 0.2) is 12.4 Å². The Morgan fingerprint density at radius 3 is 2.62 bits per heavy atom. The van der Waals surface area contributed by atoms with Gasteiger partial charge in [0.25, 0.3) is 0 Å². The van der Waals surface area contributed by atoms with Crippen LogP contribution in [-0.2, 0) is 6.42 Å². The normalized spacial score (nSPS) is 13.6. The van der Waals surface area contributed by atoms with Crippen molar-refractivity contribution >= 4 is 0 Å². The zero-order valence-electron chi connectivity index (χ0n) is 8.57. The first kappa shape index (κ1) is 10.3. The van der Waals surface area contributed by atoms with Gasteiger partial charge in [-0.05, 0) is 39.2 Å². The van der Waals surface area contributed by atoms with Gasteiger partial charge in [-0.15, -0.1) is 0 Å². The fourth-order valence-corrected chi connectivity index (χ4v) is 1.16. The first-order valence-electron chi connectivity index (χ1n) is 4.80. The lowest BCUT2D eigenvalue weighted by Crippen LogP contribution is -2.01. The van der Waals surface area contributed by atoms with Crippen molar-refractivity contribution in [1.82, 2.24) is 9.78 Å². The average molecular weight is 182 g/mol. The summed E-state index contributed by atoms with van der Waals surface area (Å²) in [4.78, 5) is 0. The summed E-state index contributed by atoms with van der Waals surface area (Å²) in [7, 11) is 0. The summed E-state index contributed by atoms with van der Waals surface area (Å²) in [6.45, 7) is 6.02. The van der Waals surface area contributed by atoms with Gasteiger partial charge < -0.3 is 5.11 Å². The molecule has 0 radical (unpaired) electrons. The van der Waals surface area contributed by atoms with Crippen LogP contribution in [0.5, 0.6) is 0 Å². The third-order valence-electron chi connectivity index (χ3n) is 2.03. The van der Waals surface area contributed by atoms with Gasteiger partial charge in [0, 0.05) is 12.2 Å². The fraction of sp³-hybridized carbons (Fsp3) is 0.700. The molecule has 1 atom stereocenters. The number of aliphatic hydroxyl groups excluding tert-OH is 1. The Balaban J connectivity index is 2.49. The Morgan fingerprint density at radius 1 is 1.46 bits per heavy atom. The van der Waals surface area contributed by atoms with E-state index in [2.05, 4.69) is 18.9 Å². The van der Waals surface area contributed by atoms with Crippen LogP contribution in [0.25, 0.3) is 0 Å². The maximum Gasteiger partial charge on any atom is 0.0521 e. The number of aryl methyl sites for hydroxylation is 1. The van der Waals surface area contributed by atoms with E-state index in [0.29, 0.717) is 6.04 Å². The molecule has 1 unspecified atom stereocenters. The lowest BCUT2D eigenvalue weighted by atomic mass is 10.1. The van der Waals surface area contributed by atoms with Crippen LogP contribution in [-0.4, -0.2) is 21.0 Å². The lowest BCUT2D eigenvalue weighted by Gasteiger charge is -2.03. The largest absolute Gasteiger partial charge is 0.393 e. The van der Waals surface area contributed by atoms with E-state index in [1.807, 2.05) is 24.0 Å². The Labute approximate surface area is 79.4 Å². The molecule has 0 aromatic carbocycles. The molecule has 1 aromatic heterocycles. The van der Waals surface area contributed by atoms with E-state index in [9.17, 15) is 0 Å².